The van der Waals surface area contributed by atoms with Crippen LogP contribution >= 0.6 is 23.7 Å². The second-order valence-corrected chi connectivity index (χ2v) is 6.94. The maximum atomic E-state index is 12.0. The van der Waals surface area contributed by atoms with Gasteiger partial charge in [0.2, 0.25) is 5.91 Å². The van der Waals surface area contributed by atoms with Crippen molar-refractivity contribution in [1.82, 2.24) is 10.6 Å². The van der Waals surface area contributed by atoms with Gasteiger partial charge in [0.1, 0.15) is 5.75 Å². The maximum absolute atomic E-state index is 12.0. The molecule has 0 spiro atoms. The first-order chi connectivity index (χ1) is 11.2. The molecule has 3 rings (SSSR count). The van der Waals surface area contributed by atoms with Gasteiger partial charge in [-0.2, -0.15) is 0 Å². The first kappa shape index (κ1) is 18.8. The molecular formula is C18H23ClN2O2S. The summed E-state index contributed by atoms with van der Waals surface area (Å²) in [7, 11) is 1.67. The molecule has 6 heteroatoms. The Morgan fingerprint density at radius 1 is 1.29 bits per heavy atom. The minimum atomic E-state index is 0. The highest BCUT2D eigenvalue weighted by Gasteiger charge is 2.17. The van der Waals surface area contributed by atoms with E-state index in [0.29, 0.717) is 19.0 Å². The standard InChI is InChI=1S/C18H22N2O2S.ClH/c1-22-15-6-4-13(5-7-15)17-9-8-16(23-17)12-20-18(21)11-14-3-2-10-19-14;/h4-9,14,19H,2-3,10-12H2,1H3,(H,20,21);1H. The summed E-state index contributed by atoms with van der Waals surface area (Å²) in [6.07, 6.45) is 2.86. The molecule has 1 saturated heterocycles. The molecule has 1 aromatic carbocycles. The largest absolute Gasteiger partial charge is 0.497 e. The Labute approximate surface area is 153 Å². The van der Waals surface area contributed by atoms with Crippen molar-refractivity contribution < 1.29 is 9.53 Å². The van der Waals surface area contributed by atoms with Gasteiger partial charge in [-0.25, -0.2) is 0 Å². The Kier molecular flexibility index (Phi) is 7.09. The SMILES string of the molecule is COc1ccc(-c2ccc(CNC(=O)CC3CCCN3)s2)cc1.Cl. The van der Waals surface area contributed by atoms with E-state index in [1.807, 2.05) is 12.1 Å². The van der Waals surface area contributed by atoms with Crippen molar-refractivity contribution in [1.29, 1.82) is 0 Å². The van der Waals surface area contributed by atoms with Crippen LogP contribution in [0.3, 0.4) is 0 Å². The van der Waals surface area contributed by atoms with Crippen LogP contribution in [-0.2, 0) is 11.3 Å². The number of ether oxygens (including phenoxy) is 1. The van der Waals surface area contributed by atoms with Gasteiger partial charge >= 0.3 is 0 Å². The number of amides is 1. The number of halogens is 1. The topological polar surface area (TPSA) is 50.4 Å². The van der Waals surface area contributed by atoms with Crippen LogP contribution in [0.15, 0.2) is 36.4 Å². The van der Waals surface area contributed by atoms with Gasteiger partial charge in [-0.3, -0.25) is 4.79 Å². The Hall–Kier alpha value is -1.56. The highest BCUT2D eigenvalue weighted by atomic mass is 35.5. The predicted octanol–water partition coefficient (Wildman–Crippen LogP) is 3.60. The summed E-state index contributed by atoms with van der Waals surface area (Å²) in [4.78, 5) is 14.3. The number of methoxy groups -OCH3 is 1. The molecule has 130 valence electrons. The quantitative estimate of drug-likeness (QED) is 0.821. The predicted molar refractivity (Wildman–Crippen MR) is 101 cm³/mol. The van der Waals surface area contributed by atoms with E-state index in [9.17, 15) is 4.79 Å². The molecule has 1 amide bonds. The number of carbonyl (C=O) groups excluding carboxylic acids is 1. The van der Waals surface area contributed by atoms with Gasteiger partial charge in [-0.05, 0) is 61.3 Å². The summed E-state index contributed by atoms with van der Waals surface area (Å²) in [6.45, 7) is 1.64. The lowest BCUT2D eigenvalue weighted by molar-refractivity contribution is -0.121. The van der Waals surface area contributed by atoms with E-state index >= 15 is 0 Å². The fraction of sp³-hybridized carbons (Fsp3) is 0.389. The number of thiophene rings is 1. The maximum Gasteiger partial charge on any atom is 0.221 e. The minimum Gasteiger partial charge on any atom is -0.497 e. The van der Waals surface area contributed by atoms with Crippen molar-refractivity contribution in [3.05, 3.63) is 41.3 Å². The number of hydrogen-bond acceptors (Lipinski definition) is 4. The van der Waals surface area contributed by atoms with Gasteiger partial charge in [0.15, 0.2) is 0 Å². The summed E-state index contributed by atoms with van der Waals surface area (Å²) < 4.78 is 5.18. The van der Waals surface area contributed by atoms with E-state index < -0.39 is 0 Å². The second-order valence-electron chi connectivity index (χ2n) is 5.77. The Bertz CT molecular complexity index is 651. The van der Waals surface area contributed by atoms with E-state index in [4.69, 9.17) is 4.74 Å². The summed E-state index contributed by atoms with van der Waals surface area (Å²) in [6, 6.07) is 12.6. The van der Waals surface area contributed by atoms with Crippen LogP contribution in [0.25, 0.3) is 10.4 Å². The van der Waals surface area contributed by atoms with Gasteiger partial charge in [-0.15, -0.1) is 23.7 Å². The van der Waals surface area contributed by atoms with E-state index in [-0.39, 0.29) is 18.3 Å². The van der Waals surface area contributed by atoms with E-state index in [2.05, 4.69) is 34.9 Å². The van der Waals surface area contributed by atoms with Gasteiger partial charge < -0.3 is 15.4 Å². The molecule has 1 aliphatic heterocycles. The lowest BCUT2D eigenvalue weighted by Gasteiger charge is -2.09. The van der Waals surface area contributed by atoms with Gasteiger partial charge in [0, 0.05) is 22.2 Å². The van der Waals surface area contributed by atoms with Crippen LogP contribution in [0.2, 0.25) is 0 Å². The normalized spacial score (nSPS) is 16.5. The van der Waals surface area contributed by atoms with Crippen molar-refractivity contribution in [3.63, 3.8) is 0 Å². The van der Waals surface area contributed by atoms with Crippen LogP contribution in [0.5, 0.6) is 5.75 Å². The summed E-state index contributed by atoms with van der Waals surface area (Å²) in [5.74, 6) is 0.988. The molecule has 2 aromatic rings. The fourth-order valence-electron chi connectivity index (χ4n) is 2.80. The number of hydrogen-bond donors (Lipinski definition) is 2. The number of benzene rings is 1. The Morgan fingerprint density at radius 2 is 2.08 bits per heavy atom. The first-order valence-corrected chi connectivity index (χ1v) is 8.79. The molecule has 1 unspecified atom stereocenters. The second kappa shape index (κ2) is 9.06. The lowest BCUT2D eigenvalue weighted by Crippen LogP contribution is -2.31. The molecule has 0 aliphatic carbocycles. The van der Waals surface area contributed by atoms with Crippen molar-refractivity contribution >= 4 is 29.7 Å². The molecule has 24 heavy (non-hydrogen) atoms. The average Bonchev–Trinajstić information content (AvgIpc) is 3.25. The van der Waals surface area contributed by atoms with Crippen molar-refractivity contribution in [2.24, 2.45) is 0 Å². The molecule has 1 aromatic heterocycles. The molecule has 2 heterocycles. The first-order valence-electron chi connectivity index (χ1n) is 7.98. The van der Waals surface area contributed by atoms with E-state index in [0.717, 1.165) is 18.7 Å². The van der Waals surface area contributed by atoms with Crippen LogP contribution in [0.4, 0.5) is 0 Å². The van der Waals surface area contributed by atoms with Gasteiger partial charge in [0.05, 0.1) is 13.7 Å². The molecule has 0 saturated carbocycles. The third-order valence-electron chi connectivity index (χ3n) is 4.09. The molecule has 2 N–H and O–H groups in total. The zero-order valence-electron chi connectivity index (χ0n) is 13.7. The van der Waals surface area contributed by atoms with Crippen LogP contribution in [0.1, 0.15) is 24.1 Å². The van der Waals surface area contributed by atoms with Crippen LogP contribution in [-0.4, -0.2) is 25.6 Å². The monoisotopic (exact) mass is 366 g/mol. The fourth-order valence-corrected chi connectivity index (χ4v) is 3.75. The number of carbonyl (C=O) groups is 1. The summed E-state index contributed by atoms with van der Waals surface area (Å²) >= 11 is 1.71. The molecule has 1 fully saturated rings. The molecular weight excluding hydrogens is 344 g/mol. The zero-order valence-corrected chi connectivity index (χ0v) is 15.3. The molecule has 1 aliphatic rings. The minimum absolute atomic E-state index is 0. The lowest BCUT2D eigenvalue weighted by atomic mass is 10.1. The molecule has 0 radical (unpaired) electrons. The van der Waals surface area contributed by atoms with Crippen LogP contribution in [0, 0.1) is 0 Å². The third kappa shape index (κ3) is 4.97. The summed E-state index contributed by atoms with van der Waals surface area (Å²) in [5, 5.41) is 6.37. The zero-order chi connectivity index (χ0) is 16.1. The van der Waals surface area contributed by atoms with Crippen molar-refractivity contribution in [3.8, 4) is 16.2 Å². The number of nitrogens with one attached hydrogen (secondary N) is 2. The smallest absolute Gasteiger partial charge is 0.221 e. The third-order valence-corrected chi connectivity index (χ3v) is 5.22. The number of rotatable bonds is 6. The van der Waals surface area contributed by atoms with Crippen molar-refractivity contribution in [2.75, 3.05) is 13.7 Å². The molecule has 0 bridgehead atoms. The summed E-state index contributed by atoms with van der Waals surface area (Å²) in [5.41, 5.74) is 1.17. The molecule has 1 atom stereocenters. The van der Waals surface area contributed by atoms with Gasteiger partial charge in [-0.1, -0.05) is 0 Å². The molecule has 4 nitrogen and oxygen atoms in total. The Balaban J connectivity index is 0.00000208. The van der Waals surface area contributed by atoms with E-state index in [1.165, 1.54) is 21.7 Å². The highest BCUT2D eigenvalue weighted by molar-refractivity contribution is 7.15. The van der Waals surface area contributed by atoms with Gasteiger partial charge in [0.25, 0.3) is 0 Å². The van der Waals surface area contributed by atoms with Crippen LogP contribution < -0.4 is 15.4 Å². The Morgan fingerprint density at radius 3 is 2.75 bits per heavy atom. The average molecular weight is 367 g/mol. The highest BCUT2D eigenvalue weighted by Crippen LogP contribution is 2.29. The van der Waals surface area contributed by atoms with E-state index in [1.54, 1.807) is 18.4 Å². The van der Waals surface area contributed by atoms with Crippen molar-refractivity contribution in [2.45, 2.75) is 31.8 Å².